The van der Waals surface area contributed by atoms with Crippen LogP contribution in [-0.2, 0) is 16.3 Å². The zero-order chi connectivity index (χ0) is 18.9. The van der Waals surface area contributed by atoms with Crippen molar-refractivity contribution < 1.29 is 13.2 Å². The molecule has 8 heteroatoms. The first-order valence-corrected chi connectivity index (χ1v) is 11.9. The quantitative estimate of drug-likeness (QED) is 0.820. The van der Waals surface area contributed by atoms with Gasteiger partial charge in [-0.25, -0.2) is 13.4 Å². The minimum atomic E-state index is -3.12. The van der Waals surface area contributed by atoms with Gasteiger partial charge in [0.15, 0.2) is 9.84 Å². The summed E-state index contributed by atoms with van der Waals surface area (Å²) in [6.45, 7) is 1.81. The predicted octanol–water partition coefficient (Wildman–Crippen LogP) is 1.73. The number of rotatable bonds is 5. The lowest BCUT2D eigenvalue weighted by Gasteiger charge is -2.28. The first kappa shape index (κ1) is 18.6. The molecule has 3 heterocycles. The molecule has 1 amide bonds. The lowest BCUT2D eigenvalue weighted by molar-refractivity contribution is 0.0914. The lowest BCUT2D eigenvalue weighted by atomic mass is 10.1. The van der Waals surface area contributed by atoms with E-state index in [2.05, 4.69) is 15.2 Å². The van der Waals surface area contributed by atoms with Crippen LogP contribution >= 0.6 is 11.3 Å². The average molecular weight is 406 g/mol. The third-order valence-corrected chi connectivity index (χ3v) is 7.80. The van der Waals surface area contributed by atoms with Crippen molar-refractivity contribution in [3.63, 3.8) is 0 Å². The summed E-state index contributed by atoms with van der Waals surface area (Å²) in [5.74, 6) is -0.133. The van der Waals surface area contributed by atoms with E-state index in [1.54, 1.807) is 5.38 Å². The summed E-state index contributed by atoms with van der Waals surface area (Å²) in [6.07, 6.45) is 2.87. The second kappa shape index (κ2) is 7.69. The highest BCUT2D eigenvalue weighted by Gasteiger charge is 2.42. The first-order valence-electron chi connectivity index (χ1n) is 9.24. The third-order valence-electron chi connectivity index (χ3n) is 5.23. The van der Waals surface area contributed by atoms with Crippen LogP contribution in [0.3, 0.4) is 0 Å². The van der Waals surface area contributed by atoms with E-state index in [1.165, 1.54) is 11.3 Å². The number of aromatic nitrogens is 1. The molecule has 2 unspecified atom stereocenters. The number of nitrogens with zero attached hydrogens (tertiary/aromatic N) is 2. The second-order valence-corrected chi connectivity index (χ2v) is 10.4. The molecule has 4 rings (SSSR count). The number of benzene rings is 1. The van der Waals surface area contributed by atoms with Gasteiger partial charge in [-0.05, 0) is 31.5 Å². The molecular formula is C19H23N3O3S2. The average Bonchev–Trinajstić information content (AvgIpc) is 3.36. The molecule has 1 aromatic carbocycles. The van der Waals surface area contributed by atoms with Crippen LogP contribution in [0.15, 0.2) is 35.7 Å². The molecule has 0 radical (unpaired) electrons. The van der Waals surface area contributed by atoms with E-state index in [4.69, 9.17) is 0 Å². The van der Waals surface area contributed by atoms with Gasteiger partial charge in [0.1, 0.15) is 5.69 Å². The number of thiazole rings is 1. The molecule has 1 aromatic heterocycles. The minimum Gasteiger partial charge on any atom is -0.345 e. The molecule has 2 aromatic rings. The Morgan fingerprint density at radius 1 is 1.19 bits per heavy atom. The monoisotopic (exact) mass is 405 g/mol. The number of sulfone groups is 1. The molecular weight excluding hydrogens is 382 g/mol. The van der Waals surface area contributed by atoms with E-state index >= 15 is 0 Å². The Bertz CT molecular complexity index is 905. The van der Waals surface area contributed by atoms with E-state index in [1.807, 2.05) is 30.3 Å². The van der Waals surface area contributed by atoms with Crippen LogP contribution in [0.5, 0.6) is 0 Å². The summed E-state index contributed by atoms with van der Waals surface area (Å²) in [7, 11) is -3.12. The van der Waals surface area contributed by atoms with Gasteiger partial charge < -0.3 is 5.32 Å². The summed E-state index contributed by atoms with van der Waals surface area (Å²) in [6, 6.07) is 9.52. The highest BCUT2D eigenvalue weighted by Crippen LogP contribution is 2.23. The smallest absolute Gasteiger partial charge is 0.271 e. The van der Waals surface area contributed by atoms with E-state index < -0.39 is 9.84 Å². The van der Waals surface area contributed by atoms with Crippen LogP contribution in [0.25, 0.3) is 0 Å². The largest absolute Gasteiger partial charge is 0.345 e. The summed E-state index contributed by atoms with van der Waals surface area (Å²) < 4.78 is 24.3. The number of carbonyl (C=O) groups excluding carboxylic acids is 1. The number of likely N-dealkylation sites (tertiary alicyclic amines) is 1. The van der Waals surface area contributed by atoms with Crippen LogP contribution in [0, 0.1) is 0 Å². The minimum absolute atomic E-state index is 0.0148. The number of hydrogen-bond donors (Lipinski definition) is 1. The molecule has 2 aliphatic heterocycles. The fourth-order valence-corrected chi connectivity index (χ4v) is 6.67. The molecule has 2 saturated heterocycles. The van der Waals surface area contributed by atoms with Gasteiger partial charge in [-0.1, -0.05) is 30.3 Å². The van der Waals surface area contributed by atoms with Gasteiger partial charge in [-0.2, -0.15) is 0 Å². The topological polar surface area (TPSA) is 79.4 Å². The van der Waals surface area contributed by atoms with Gasteiger partial charge in [0.05, 0.1) is 22.6 Å². The van der Waals surface area contributed by atoms with Gasteiger partial charge in [0.25, 0.3) is 5.91 Å². The van der Waals surface area contributed by atoms with E-state index in [0.717, 1.165) is 36.5 Å². The van der Waals surface area contributed by atoms with Gasteiger partial charge in [-0.15, -0.1) is 11.3 Å². The molecule has 2 aliphatic rings. The Morgan fingerprint density at radius 2 is 1.93 bits per heavy atom. The summed E-state index contributed by atoms with van der Waals surface area (Å²) in [4.78, 5) is 19.3. The van der Waals surface area contributed by atoms with Crippen LogP contribution in [0.2, 0.25) is 0 Å². The predicted molar refractivity (Wildman–Crippen MR) is 106 cm³/mol. The molecule has 0 saturated carbocycles. The van der Waals surface area contributed by atoms with Crippen LogP contribution in [0.1, 0.15) is 33.9 Å². The number of nitrogens with one attached hydrogen (secondary N) is 1. The molecule has 2 fully saturated rings. The molecule has 1 N–H and O–H groups in total. The van der Waals surface area contributed by atoms with Gasteiger partial charge in [0.2, 0.25) is 0 Å². The maximum absolute atomic E-state index is 12.7. The lowest BCUT2D eigenvalue weighted by Crippen LogP contribution is -2.50. The molecule has 6 nitrogen and oxygen atoms in total. The molecule has 0 bridgehead atoms. The standard InChI is InChI=1S/C19H23N3O3S2/c23-19(15-11-26-18(20-15)10-14-6-2-1-3-7-14)21-16-12-27(24,25)13-17(16)22-8-4-5-9-22/h1-3,6-7,11,16-17H,4-5,8-10,12-13H2,(H,21,23). The van der Waals surface area contributed by atoms with Crippen molar-refractivity contribution >= 4 is 27.1 Å². The first-order chi connectivity index (χ1) is 13.0. The van der Waals surface area contributed by atoms with Crippen molar-refractivity contribution in [3.8, 4) is 0 Å². The Balaban J connectivity index is 1.43. The Morgan fingerprint density at radius 3 is 2.67 bits per heavy atom. The maximum Gasteiger partial charge on any atom is 0.271 e. The Kier molecular flexibility index (Phi) is 5.29. The molecule has 0 aliphatic carbocycles. The number of carbonyl (C=O) groups is 1. The SMILES string of the molecule is O=C(NC1CS(=O)(=O)CC1N1CCCC1)c1csc(Cc2ccccc2)n1. The van der Waals surface area contributed by atoms with Crippen LogP contribution in [0.4, 0.5) is 0 Å². The highest BCUT2D eigenvalue weighted by atomic mass is 32.2. The summed E-state index contributed by atoms with van der Waals surface area (Å²) in [5.41, 5.74) is 1.52. The Hall–Kier alpha value is -1.77. The van der Waals surface area contributed by atoms with Crippen molar-refractivity contribution in [1.82, 2.24) is 15.2 Å². The molecule has 2 atom stereocenters. The van der Waals surface area contributed by atoms with Gasteiger partial charge >= 0.3 is 0 Å². The Labute approximate surface area is 163 Å². The molecule has 27 heavy (non-hydrogen) atoms. The fourth-order valence-electron chi connectivity index (χ4n) is 3.91. The van der Waals surface area contributed by atoms with Crippen molar-refractivity contribution in [3.05, 3.63) is 52.0 Å². The zero-order valence-electron chi connectivity index (χ0n) is 15.0. The van der Waals surface area contributed by atoms with E-state index in [9.17, 15) is 13.2 Å². The second-order valence-electron chi connectivity index (χ2n) is 7.26. The summed E-state index contributed by atoms with van der Waals surface area (Å²) >= 11 is 1.46. The summed E-state index contributed by atoms with van der Waals surface area (Å²) in [5, 5.41) is 5.57. The highest BCUT2D eigenvalue weighted by molar-refractivity contribution is 7.91. The van der Waals surface area contributed by atoms with Gasteiger partial charge in [0, 0.05) is 17.8 Å². The normalized spacial score (nSPS) is 24.9. The van der Waals surface area contributed by atoms with E-state index in [0.29, 0.717) is 12.1 Å². The van der Waals surface area contributed by atoms with Gasteiger partial charge in [-0.3, -0.25) is 9.69 Å². The number of hydrogen-bond acceptors (Lipinski definition) is 6. The van der Waals surface area contributed by atoms with Crippen LogP contribution < -0.4 is 5.32 Å². The fraction of sp³-hybridized carbons (Fsp3) is 0.474. The zero-order valence-corrected chi connectivity index (χ0v) is 16.6. The van der Waals surface area contributed by atoms with Crippen LogP contribution in [-0.4, -0.2) is 60.9 Å². The van der Waals surface area contributed by atoms with E-state index in [-0.39, 0.29) is 29.5 Å². The molecule has 144 valence electrons. The van der Waals surface area contributed by atoms with Crippen molar-refractivity contribution in [2.24, 2.45) is 0 Å². The van der Waals surface area contributed by atoms with Crippen molar-refractivity contribution in [2.75, 3.05) is 24.6 Å². The van der Waals surface area contributed by atoms with Crippen molar-refractivity contribution in [1.29, 1.82) is 0 Å². The maximum atomic E-state index is 12.7. The number of amides is 1. The van der Waals surface area contributed by atoms with Crippen molar-refractivity contribution in [2.45, 2.75) is 31.3 Å². The molecule has 0 spiro atoms. The third kappa shape index (κ3) is 4.39.